The molecular weight excluding hydrogens is 138 g/mol. The van der Waals surface area contributed by atoms with Gasteiger partial charge in [-0.05, 0) is 25.3 Å². The molecule has 0 aliphatic rings. The van der Waals surface area contributed by atoms with E-state index in [1.807, 2.05) is 0 Å². The number of hydrogen-bond acceptors (Lipinski definition) is 2. The number of rotatable bonds is 6. The maximum absolute atomic E-state index is 10.6. The van der Waals surface area contributed by atoms with Crippen LogP contribution in [-0.2, 0) is 4.79 Å². The lowest BCUT2D eigenvalue weighted by atomic mass is 10.1. The highest BCUT2D eigenvalue weighted by molar-refractivity contribution is 5.94. The summed E-state index contributed by atoms with van der Waals surface area (Å²) in [6.45, 7) is 0.739. The first-order valence-corrected chi connectivity index (χ1v) is 4.00. The molecule has 0 spiro atoms. The van der Waals surface area contributed by atoms with Crippen molar-refractivity contribution in [2.45, 2.75) is 32.1 Å². The third kappa shape index (κ3) is 7.08. The van der Waals surface area contributed by atoms with Crippen LogP contribution in [0.2, 0.25) is 0 Å². The minimum Gasteiger partial charge on any atom is -0.330 e. The van der Waals surface area contributed by atoms with Crippen molar-refractivity contribution >= 4 is 5.78 Å². The van der Waals surface area contributed by atoms with E-state index in [0.717, 1.165) is 32.2 Å². The van der Waals surface area contributed by atoms with Crippen LogP contribution in [0.25, 0.3) is 0 Å². The second-order valence-electron chi connectivity index (χ2n) is 2.52. The van der Waals surface area contributed by atoms with Crippen molar-refractivity contribution in [2.24, 2.45) is 5.73 Å². The van der Waals surface area contributed by atoms with Crippen molar-refractivity contribution in [1.82, 2.24) is 0 Å². The van der Waals surface area contributed by atoms with Crippen LogP contribution in [0.4, 0.5) is 0 Å². The molecule has 2 N–H and O–H groups in total. The highest BCUT2D eigenvalue weighted by atomic mass is 16.1. The molecule has 0 bridgehead atoms. The van der Waals surface area contributed by atoms with Gasteiger partial charge >= 0.3 is 0 Å². The summed E-state index contributed by atoms with van der Waals surface area (Å²) in [6.07, 6.45) is 9.54. The predicted octanol–water partition coefficient (Wildman–Crippen LogP) is 1.10. The van der Waals surface area contributed by atoms with Crippen LogP contribution in [0.1, 0.15) is 32.1 Å². The Kier molecular flexibility index (Phi) is 6.76. The quantitative estimate of drug-likeness (QED) is 0.353. The number of hydrogen-bond donors (Lipinski definition) is 1. The average molecular weight is 153 g/mol. The lowest BCUT2D eigenvalue weighted by Gasteiger charge is -1.95. The van der Waals surface area contributed by atoms with Crippen LogP contribution in [-0.4, -0.2) is 12.3 Å². The summed E-state index contributed by atoms with van der Waals surface area (Å²) >= 11 is 0. The van der Waals surface area contributed by atoms with Gasteiger partial charge in [0.1, 0.15) is 0 Å². The number of Topliss-reactive ketones (excluding diaryl/α,β-unsaturated/α-hetero) is 1. The minimum atomic E-state index is -0.0854. The third-order valence-corrected chi connectivity index (χ3v) is 1.52. The number of carbonyl (C=O) groups excluding carboxylic acids is 1. The van der Waals surface area contributed by atoms with E-state index in [1.54, 1.807) is 0 Å². The first-order chi connectivity index (χ1) is 5.31. The molecule has 0 aromatic heterocycles. The molecule has 0 amide bonds. The molecule has 0 aliphatic carbocycles. The Morgan fingerprint density at radius 3 is 2.45 bits per heavy atom. The van der Waals surface area contributed by atoms with Gasteiger partial charge in [0.2, 0.25) is 5.78 Å². The summed E-state index contributed by atoms with van der Waals surface area (Å²) in [4.78, 5) is 10.6. The molecule has 0 unspecified atom stereocenters. The van der Waals surface area contributed by atoms with E-state index in [4.69, 9.17) is 12.2 Å². The Morgan fingerprint density at radius 2 is 1.91 bits per heavy atom. The molecule has 62 valence electrons. The van der Waals surface area contributed by atoms with Crippen molar-refractivity contribution in [3.05, 3.63) is 0 Å². The van der Waals surface area contributed by atoms with Crippen LogP contribution in [0.3, 0.4) is 0 Å². The largest absolute Gasteiger partial charge is 0.330 e. The van der Waals surface area contributed by atoms with Crippen LogP contribution < -0.4 is 5.73 Å². The van der Waals surface area contributed by atoms with Gasteiger partial charge in [0.25, 0.3) is 0 Å². The Labute approximate surface area is 68.2 Å². The van der Waals surface area contributed by atoms with Crippen LogP contribution in [0.5, 0.6) is 0 Å². The van der Waals surface area contributed by atoms with Gasteiger partial charge in [0, 0.05) is 6.42 Å². The zero-order valence-electron chi connectivity index (χ0n) is 6.81. The number of unbranched alkanes of at least 4 members (excludes halogenated alkanes) is 3. The maximum atomic E-state index is 10.6. The molecule has 0 saturated carbocycles. The lowest BCUT2D eigenvalue weighted by Crippen LogP contribution is -1.98. The van der Waals surface area contributed by atoms with Gasteiger partial charge in [-0.15, -0.1) is 6.42 Å². The fourth-order valence-electron chi connectivity index (χ4n) is 0.856. The minimum absolute atomic E-state index is 0.0854. The third-order valence-electron chi connectivity index (χ3n) is 1.52. The first-order valence-electron chi connectivity index (χ1n) is 4.00. The molecule has 0 aromatic carbocycles. The lowest BCUT2D eigenvalue weighted by molar-refractivity contribution is -0.113. The summed E-state index contributed by atoms with van der Waals surface area (Å²) in [6, 6.07) is 0. The molecule has 0 rings (SSSR count). The van der Waals surface area contributed by atoms with E-state index >= 15 is 0 Å². The van der Waals surface area contributed by atoms with Crippen LogP contribution in [0, 0.1) is 12.3 Å². The van der Waals surface area contributed by atoms with Crippen molar-refractivity contribution in [2.75, 3.05) is 6.54 Å². The van der Waals surface area contributed by atoms with Gasteiger partial charge in [-0.25, -0.2) is 0 Å². The van der Waals surface area contributed by atoms with Crippen molar-refractivity contribution in [1.29, 1.82) is 0 Å². The van der Waals surface area contributed by atoms with Crippen LogP contribution >= 0.6 is 0 Å². The second kappa shape index (κ2) is 7.30. The number of terminal acetylenes is 1. The fourth-order valence-corrected chi connectivity index (χ4v) is 0.856. The topological polar surface area (TPSA) is 43.1 Å². The SMILES string of the molecule is C#CC(=O)CCCCCCN. The van der Waals surface area contributed by atoms with Gasteiger partial charge in [-0.3, -0.25) is 4.79 Å². The Bertz CT molecular complexity index is 146. The summed E-state index contributed by atoms with van der Waals surface area (Å²) in [7, 11) is 0. The normalized spacial score (nSPS) is 9.09. The van der Waals surface area contributed by atoms with E-state index in [0.29, 0.717) is 6.42 Å². The zero-order valence-corrected chi connectivity index (χ0v) is 6.81. The van der Waals surface area contributed by atoms with E-state index in [-0.39, 0.29) is 5.78 Å². The van der Waals surface area contributed by atoms with Gasteiger partial charge in [-0.1, -0.05) is 12.8 Å². The molecule has 2 heteroatoms. The zero-order chi connectivity index (χ0) is 8.53. The predicted molar refractivity (Wildman–Crippen MR) is 46.0 cm³/mol. The second-order valence-corrected chi connectivity index (χ2v) is 2.52. The molecular formula is C9H15NO. The summed E-state index contributed by atoms with van der Waals surface area (Å²) in [5, 5.41) is 0. The highest BCUT2D eigenvalue weighted by Crippen LogP contribution is 2.01. The molecule has 0 radical (unpaired) electrons. The standard InChI is InChI=1S/C9H15NO/c1-2-9(11)7-5-3-4-6-8-10/h1H,3-8,10H2. The molecule has 0 aromatic rings. The number of nitrogens with two attached hydrogens (primary N) is 1. The van der Waals surface area contributed by atoms with E-state index in [2.05, 4.69) is 5.92 Å². The summed E-state index contributed by atoms with van der Waals surface area (Å²) < 4.78 is 0. The Balaban J connectivity index is 3.03. The summed E-state index contributed by atoms with van der Waals surface area (Å²) in [5.41, 5.74) is 5.30. The molecule has 0 fully saturated rings. The first kappa shape index (κ1) is 10.2. The molecule has 2 nitrogen and oxygen atoms in total. The van der Waals surface area contributed by atoms with Gasteiger partial charge < -0.3 is 5.73 Å². The Morgan fingerprint density at radius 1 is 1.27 bits per heavy atom. The van der Waals surface area contributed by atoms with E-state index in [9.17, 15) is 4.79 Å². The number of ketones is 1. The van der Waals surface area contributed by atoms with Crippen molar-refractivity contribution < 1.29 is 4.79 Å². The number of carbonyl (C=O) groups is 1. The Hall–Kier alpha value is -0.810. The average Bonchev–Trinajstić information content (AvgIpc) is 2.04. The fraction of sp³-hybridized carbons (Fsp3) is 0.667. The smallest absolute Gasteiger partial charge is 0.205 e. The molecule has 0 aliphatic heterocycles. The summed E-state index contributed by atoms with van der Waals surface area (Å²) in [5.74, 6) is 2.01. The van der Waals surface area contributed by atoms with Gasteiger partial charge in [0.05, 0.1) is 0 Å². The van der Waals surface area contributed by atoms with Gasteiger partial charge in [-0.2, -0.15) is 0 Å². The molecule has 0 saturated heterocycles. The molecule has 0 atom stereocenters. The monoisotopic (exact) mass is 153 g/mol. The molecule has 11 heavy (non-hydrogen) atoms. The van der Waals surface area contributed by atoms with Crippen molar-refractivity contribution in [3.63, 3.8) is 0 Å². The molecule has 0 heterocycles. The van der Waals surface area contributed by atoms with Crippen molar-refractivity contribution in [3.8, 4) is 12.3 Å². The highest BCUT2D eigenvalue weighted by Gasteiger charge is 1.95. The van der Waals surface area contributed by atoms with E-state index in [1.165, 1.54) is 0 Å². The maximum Gasteiger partial charge on any atom is 0.205 e. The van der Waals surface area contributed by atoms with Crippen LogP contribution in [0.15, 0.2) is 0 Å². The van der Waals surface area contributed by atoms with Gasteiger partial charge in [0.15, 0.2) is 0 Å². The van der Waals surface area contributed by atoms with E-state index < -0.39 is 0 Å².